The van der Waals surface area contributed by atoms with Crippen LogP contribution in [0.2, 0.25) is 0 Å². The SMILES string of the molecule is O=[N+]([O-])c1ccc(NN2CCOCC2)c(I)c1. The summed E-state index contributed by atoms with van der Waals surface area (Å²) in [5.74, 6) is 0. The summed E-state index contributed by atoms with van der Waals surface area (Å²) in [6.45, 7) is 3.03. The molecule has 0 amide bonds. The first-order chi connectivity index (χ1) is 8.16. The fourth-order valence-electron chi connectivity index (χ4n) is 1.55. The van der Waals surface area contributed by atoms with Gasteiger partial charge in [0.1, 0.15) is 0 Å². The van der Waals surface area contributed by atoms with Crippen LogP contribution in [0.3, 0.4) is 0 Å². The second-order valence-corrected chi connectivity index (χ2v) is 4.79. The van der Waals surface area contributed by atoms with Crippen molar-refractivity contribution >= 4 is 34.0 Å². The Kier molecular flexibility index (Phi) is 4.13. The van der Waals surface area contributed by atoms with Gasteiger partial charge < -0.3 is 10.2 Å². The summed E-state index contributed by atoms with van der Waals surface area (Å²) >= 11 is 2.09. The van der Waals surface area contributed by atoms with Crippen molar-refractivity contribution in [3.05, 3.63) is 31.9 Å². The lowest BCUT2D eigenvalue weighted by Crippen LogP contribution is -2.40. The van der Waals surface area contributed by atoms with Gasteiger partial charge in [0.05, 0.1) is 23.8 Å². The highest BCUT2D eigenvalue weighted by molar-refractivity contribution is 14.1. The van der Waals surface area contributed by atoms with E-state index >= 15 is 0 Å². The summed E-state index contributed by atoms with van der Waals surface area (Å²) in [7, 11) is 0. The van der Waals surface area contributed by atoms with E-state index in [9.17, 15) is 10.1 Å². The largest absolute Gasteiger partial charge is 0.379 e. The number of morpholine rings is 1. The maximum atomic E-state index is 10.6. The van der Waals surface area contributed by atoms with Gasteiger partial charge in [-0.3, -0.25) is 10.1 Å². The molecule has 17 heavy (non-hydrogen) atoms. The molecule has 1 aromatic rings. The van der Waals surface area contributed by atoms with Crippen molar-refractivity contribution in [2.75, 3.05) is 31.7 Å². The third kappa shape index (κ3) is 3.27. The topological polar surface area (TPSA) is 67.6 Å². The molecule has 1 saturated heterocycles. The highest BCUT2D eigenvalue weighted by atomic mass is 127. The van der Waals surface area contributed by atoms with Crippen molar-refractivity contribution in [3.63, 3.8) is 0 Å². The first-order valence-electron chi connectivity index (χ1n) is 5.20. The number of hydrazine groups is 1. The molecular formula is C10H12IN3O3. The van der Waals surface area contributed by atoms with Crippen molar-refractivity contribution < 1.29 is 9.66 Å². The number of nitro benzene ring substituents is 1. The van der Waals surface area contributed by atoms with Crippen LogP contribution in [0, 0.1) is 13.7 Å². The molecule has 92 valence electrons. The Hall–Kier alpha value is -0.930. The highest BCUT2D eigenvalue weighted by Gasteiger charge is 2.13. The molecule has 1 aromatic carbocycles. The molecule has 1 fully saturated rings. The monoisotopic (exact) mass is 349 g/mol. The number of nitrogens with zero attached hydrogens (tertiary/aromatic N) is 2. The molecule has 1 heterocycles. The van der Waals surface area contributed by atoms with Gasteiger partial charge in [-0.05, 0) is 28.7 Å². The van der Waals surface area contributed by atoms with Crippen LogP contribution < -0.4 is 5.43 Å². The summed E-state index contributed by atoms with van der Waals surface area (Å²) in [6.07, 6.45) is 0. The van der Waals surface area contributed by atoms with E-state index in [0.717, 1.165) is 22.3 Å². The molecule has 0 spiro atoms. The maximum Gasteiger partial charge on any atom is 0.270 e. The third-order valence-electron chi connectivity index (χ3n) is 2.45. The lowest BCUT2D eigenvalue weighted by atomic mass is 10.3. The Labute approximate surface area is 112 Å². The van der Waals surface area contributed by atoms with Crippen molar-refractivity contribution in [3.8, 4) is 0 Å². The first-order valence-corrected chi connectivity index (χ1v) is 6.28. The maximum absolute atomic E-state index is 10.6. The zero-order valence-corrected chi connectivity index (χ0v) is 11.2. The number of hydrogen-bond donors (Lipinski definition) is 1. The van der Waals surface area contributed by atoms with Crippen LogP contribution in [-0.2, 0) is 4.74 Å². The molecule has 7 heteroatoms. The molecule has 2 rings (SSSR count). The van der Waals surface area contributed by atoms with E-state index in [2.05, 4.69) is 28.0 Å². The lowest BCUT2D eigenvalue weighted by molar-refractivity contribution is -0.384. The number of nitrogens with one attached hydrogen (secondary N) is 1. The molecule has 0 aromatic heterocycles. The zero-order valence-electron chi connectivity index (χ0n) is 9.06. The summed E-state index contributed by atoms with van der Waals surface area (Å²) in [5, 5.41) is 12.7. The Morgan fingerprint density at radius 1 is 1.41 bits per heavy atom. The van der Waals surface area contributed by atoms with Crippen molar-refractivity contribution in [1.82, 2.24) is 5.01 Å². The number of halogens is 1. The average Bonchev–Trinajstić information content (AvgIpc) is 2.33. The van der Waals surface area contributed by atoms with E-state index in [-0.39, 0.29) is 10.6 Å². The average molecular weight is 349 g/mol. The Balaban J connectivity index is 2.08. The minimum atomic E-state index is -0.388. The summed E-state index contributed by atoms with van der Waals surface area (Å²) in [6, 6.07) is 4.80. The zero-order chi connectivity index (χ0) is 12.3. The van der Waals surface area contributed by atoms with E-state index in [1.807, 2.05) is 5.01 Å². The van der Waals surface area contributed by atoms with Gasteiger partial charge in [-0.1, -0.05) is 0 Å². The van der Waals surface area contributed by atoms with E-state index in [1.165, 1.54) is 6.07 Å². The molecule has 0 radical (unpaired) electrons. The van der Waals surface area contributed by atoms with E-state index in [1.54, 1.807) is 12.1 Å². The number of rotatable bonds is 3. The van der Waals surface area contributed by atoms with Gasteiger partial charge in [0.2, 0.25) is 0 Å². The van der Waals surface area contributed by atoms with Crippen molar-refractivity contribution in [1.29, 1.82) is 0 Å². The predicted molar refractivity (Wildman–Crippen MR) is 71.8 cm³/mol. The smallest absolute Gasteiger partial charge is 0.270 e. The molecule has 1 N–H and O–H groups in total. The molecule has 0 bridgehead atoms. The minimum Gasteiger partial charge on any atom is -0.379 e. The molecular weight excluding hydrogens is 337 g/mol. The molecule has 0 atom stereocenters. The molecule has 1 aliphatic rings. The normalized spacial score (nSPS) is 16.8. The molecule has 0 saturated carbocycles. The summed E-state index contributed by atoms with van der Waals surface area (Å²) < 4.78 is 6.08. The molecule has 0 unspecified atom stereocenters. The number of benzene rings is 1. The van der Waals surface area contributed by atoms with Crippen LogP contribution in [-0.4, -0.2) is 36.2 Å². The third-order valence-corrected chi connectivity index (χ3v) is 3.35. The van der Waals surface area contributed by atoms with Crippen LogP contribution in [0.4, 0.5) is 11.4 Å². The first kappa shape index (κ1) is 12.5. The summed E-state index contributed by atoms with van der Waals surface area (Å²) in [4.78, 5) is 10.2. The van der Waals surface area contributed by atoms with Crippen molar-refractivity contribution in [2.24, 2.45) is 0 Å². The fraction of sp³-hybridized carbons (Fsp3) is 0.400. The molecule has 0 aliphatic carbocycles. The van der Waals surface area contributed by atoms with Gasteiger partial charge in [-0.2, -0.15) is 0 Å². The summed E-state index contributed by atoms with van der Waals surface area (Å²) in [5.41, 5.74) is 4.24. The second-order valence-electron chi connectivity index (χ2n) is 3.63. The standard InChI is InChI=1S/C10H12IN3O3/c11-9-7-8(14(15)16)1-2-10(9)12-13-3-5-17-6-4-13/h1-2,7,12H,3-6H2. The number of hydrogen-bond acceptors (Lipinski definition) is 5. The minimum absolute atomic E-state index is 0.113. The lowest BCUT2D eigenvalue weighted by Gasteiger charge is -2.28. The number of anilines is 1. The number of non-ortho nitro benzene ring substituents is 1. The van der Waals surface area contributed by atoms with E-state index in [0.29, 0.717) is 13.2 Å². The molecule has 6 nitrogen and oxygen atoms in total. The van der Waals surface area contributed by atoms with Crippen LogP contribution in [0.25, 0.3) is 0 Å². The van der Waals surface area contributed by atoms with Crippen LogP contribution in [0.1, 0.15) is 0 Å². The Morgan fingerprint density at radius 2 is 2.12 bits per heavy atom. The van der Waals surface area contributed by atoms with Crippen molar-refractivity contribution in [2.45, 2.75) is 0 Å². The Morgan fingerprint density at radius 3 is 2.71 bits per heavy atom. The van der Waals surface area contributed by atoms with Gasteiger partial charge in [-0.25, -0.2) is 5.01 Å². The van der Waals surface area contributed by atoms with Gasteiger partial charge >= 0.3 is 0 Å². The van der Waals surface area contributed by atoms with Crippen LogP contribution in [0.15, 0.2) is 18.2 Å². The van der Waals surface area contributed by atoms with E-state index < -0.39 is 0 Å². The van der Waals surface area contributed by atoms with Gasteiger partial charge in [0, 0.05) is 28.8 Å². The van der Waals surface area contributed by atoms with E-state index in [4.69, 9.17) is 4.74 Å². The van der Waals surface area contributed by atoms with Gasteiger partial charge in [0.25, 0.3) is 5.69 Å². The molecule has 1 aliphatic heterocycles. The van der Waals surface area contributed by atoms with Gasteiger partial charge in [0.15, 0.2) is 0 Å². The van der Waals surface area contributed by atoms with Crippen LogP contribution in [0.5, 0.6) is 0 Å². The Bertz CT molecular complexity index is 421. The second kappa shape index (κ2) is 5.61. The van der Waals surface area contributed by atoms with Crippen LogP contribution >= 0.6 is 22.6 Å². The number of ether oxygens (including phenoxy) is 1. The quantitative estimate of drug-likeness (QED) is 0.513. The highest BCUT2D eigenvalue weighted by Crippen LogP contribution is 2.24. The van der Waals surface area contributed by atoms with Gasteiger partial charge in [-0.15, -0.1) is 0 Å². The number of nitro groups is 1. The fourth-order valence-corrected chi connectivity index (χ4v) is 2.17. The predicted octanol–water partition coefficient (Wildman–Crippen LogP) is 1.86.